The highest BCUT2D eigenvalue weighted by Gasteiger charge is 2.17. The molecule has 0 saturated heterocycles. The molecule has 1 aromatic carbocycles. The van der Waals surface area contributed by atoms with Crippen molar-refractivity contribution >= 4 is 23.3 Å². The van der Waals surface area contributed by atoms with Gasteiger partial charge in [0.15, 0.2) is 0 Å². The summed E-state index contributed by atoms with van der Waals surface area (Å²) in [5, 5.41) is 10.1. The largest absolute Gasteiger partial charge is 0.469 e. The molecule has 1 aromatic rings. The number of carbonyl (C=O) groups excluding carboxylic acids is 3. The van der Waals surface area contributed by atoms with Gasteiger partial charge >= 0.3 is 5.97 Å². The molecule has 0 saturated carbocycles. The molecule has 1 rings (SSSR count). The predicted octanol–water partition coefficient (Wildman–Crippen LogP) is 1.71. The average Bonchev–Trinajstić information content (AvgIpc) is 2.47. The number of hydrogen-bond acceptors (Lipinski definition) is 5. The minimum absolute atomic E-state index is 0.101. The fourth-order valence-corrected chi connectivity index (χ4v) is 1.58. The lowest BCUT2D eigenvalue weighted by atomic mass is 10.1. The van der Waals surface area contributed by atoms with Gasteiger partial charge in [0.1, 0.15) is 5.78 Å². The summed E-state index contributed by atoms with van der Waals surface area (Å²) in [5.41, 5.74) is 0.305. The van der Waals surface area contributed by atoms with Crippen LogP contribution in [0.15, 0.2) is 30.3 Å². The number of hydroxylamine groups is 1. The van der Waals surface area contributed by atoms with Gasteiger partial charge in [-0.1, -0.05) is 18.2 Å². The van der Waals surface area contributed by atoms with Gasteiger partial charge in [0.05, 0.1) is 19.2 Å². The molecule has 0 bridgehead atoms. The maximum absolute atomic E-state index is 11.7. The topological polar surface area (TPSA) is 83.9 Å². The fraction of sp³-hybridized carbons (Fsp3) is 0.357. The summed E-state index contributed by atoms with van der Waals surface area (Å²) in [6, 6.07) is 8.20. The number of esters is 1. The van der Waals surface area contributed by atoms with E-state index in [-0.39, 0.29) is 18.6 Å². The number of hydrogen-bond donors (Lipinski definition) is 1. The second kappa shape index (κ2) is 8.06. The Balaban J connectivity index is 2.38. The Labute approximate surface area is 116 Å². The molecule has 6 heteroatoms. The molecule has 1 N–H and O–H groups in total. The lowest BCUT2D eigenvalue weighted by Gasteiger charge is -2.14. The van der Waals surface area contributed by atoms with Crippen molar-refractivity contribution in [2.75, 3.05) is 12.2 Å². The third-order valence-electron chi connectivity index (χ3n) is 2.65. The van der Waals surface area contributed by atoms with E-state index in [4.69, 9.17) is 0 Å². The van der Waals surface area contributed by atoms with Crippen LogP contribution in [0.5, 0.6) is 0 Å². The number of ketones is 1. The number of carbonyl (C=O) groups is 3. The van der Waals surface area contributed by atoms with E-state index in [0.717, 1.165) is 0 Å². The first-order chi connectivity index (χ1) is 9.54. The lowest BCUT2D eigenvalue weighted by Crippen LogP contribution is -2.28. The molecule has 0 heterocycles. The van der Waals surface area contributed by atoms with Crippen LogP contribution in [-0.4, -0.2) is 30.0 Å². The second-order valence-electron chi connectivity index (χ2n) is 4.19. The van der Waals surface area contributed by atoms with Crippen molar-refractivity contribution in [2.45, 2.75) is 25.7 Å². The van der Waals surface area contributed by atoms with Crippen LogP contribution >= 0.6 is 0 Å². The Bertz CT molecular complexity index is 472. The summed E-state index contributed by atoms with van der Waals surface area (Å²) < 4.78 is 4.44. The molecular formula is C14H17NO5. The van der Waals surface area contributed by atoms with Crippen LogP contribution in [0.2, 0.25) is 0 Å². The van der Waals surface area contributed by atoms with Crippen LogP contribution in [0.25, 0.3) is 0 Å². The van der Waals surface area contributed by atoms with E-state index in [9.17, 15) is 19.6 Å². The molecule has 0 aliphatic carbocycles. The standard InChI is InChI=1S/C14H17NO5/c1-20-14(18)9-5-8-12(16)10-13(17)15(19)11-6-3-2-4-7-11/h2-4,6-7,19H,5,8-10H2,1H3. The van der Waals surface area contributed by atoms with E-state index in [0.29, 0.717) is 17.2 Å². The zero-order valence-electron chi connectivity index (χ0n) is 11.2. The van der Waals surface area contributed by atoms with Gasteiger partial charge in [-0.3, -0.25) is 19.6 Å². The highest BCUT2D eigenvalue weighted by Crippen LogP contribution is 2.12. The lowest BCUT2D eigenvalue weighted by molar-refractivity contribution is -0.140. The number of rotatable bonds is 7. The van der Waals surface area contributed by atoms with Crippen LogP contribution in [0.4, 0.5) is 5.69 Å². The molecule has 1 amide bonds. The maximum Gasteiger partial charge on any atom is 0.305 e. The number of benzene rings is 1. The number of para-hydroxylation sites is 1. The van der Waals surface area contributed by atoms with Gasteiger partial charge < -0.3 is 4.74 Å². The number of methoxy groups -OCH3 is 1. The van der Waals surface area contributed by atoms with Crippen LogP contribution in [-0.2, 0) is 19.1 Å². The maximum atomic E-state index is 11.7. The molecule has 0 unspecified atom stereocenters. The van der Waals surface area contributed by atoms with Crippen molar-refractivity contribution in [1.82, 2.24) is 0 Å². The molecule has 0 spiro atoms. The van der Waals surface area contributed by atoms with E-state index in [2.05, 4.69) is 4.74 Å². The van der Waals surface area contributed by atoms with Crippen molar-refractivity contribution in [2.24, 2.45) is 0 Å². The monoisotopic (exact) mass is 279 g/mol. The number of anilines is 1. The molecule has 20 heavy (non-hydrogen) atoms. The van der Waals surface area contributed by atoms with Gasteiger partial charge in [0, 0.05) is 12.8 Å². The van der Waals surface area contributed by atoms with E-state index in [1.165, 1.54) is 7.11 Å². The van der Waals surface area contributed by atoms with E-state index < -0.39 is 18.3 Å². The summed E-state index contributed by atoms with van der Waals surface area (Å²) >= 11 is 0. The third kappa shape index (κ3) is 5.19. The van der Waals surface area contributed by atoms with Gasteiger partial charge in [-0.15, -0.1) is 0 Å². The highest BCUT2D eigenvalue weighted by molar-refractivity contribution is 6.04. The zero-order valence-corrected chi connectivity index (χ0v) is 11.2. The van der Waals surface area contributed by atoms with Crippen molar-refractivity contribution in [1.29, 1.82) is 0 Å². The first-order valence-electron chi connectivity index (χ1n) is 6.20. The number of Topliss-reactive ketones (excluding diaryl/α,β-unsaturated/α-hetero) is 1. The minimum atomic E-state index is -0.695. The fourth-order valence-electron chi connectivity index (χ4n) is 1.58. The van der Waals surface area contributed by atoms with Gasteiger partial charge in [0.2, 0.25) is 0 Å². The molecular weight excluding hydrogens is 262 g/mol. The molecule has 0 aromatic heterocycles. The van der Waals surface area contributed by atoms with Gasteiger partial charge in [-0.05, 0) is 18.6 Å². The molecule has 0 aliphatic rings. The van der Waals surface area contributed by atoms with Gasteiger partial charge in [-0.25, -0.2) is 0 Å². The number of nitrogens with zero attached hydrogens (tertiary/aromatic N) is 1. The van der Waals surface area contributed by atoms with Crippen LogP contribution < -0.4 is 5.06 Å². The summed E-state index contributed by atoms with van der Waals surface area (Å²) in [7, 11) is 1.27. The van der Waals surface area contributed by atoms with Crippen LogP contribution in [0.1, 0.15) is 25.7 Å². The Morgan fingerprint density at radius 3 is 2.40 bits per heavy atom. The smallest absolute Gasteiger partial charge is 0.305 e. The molecule has 0 radical (unpaired) electrons. The summed E-state index contributed by atoms with van der Waals surface area (Å²) in [6.45, 7) is 0. The Kier molecular flexibility index (Phi) is 6.39. The van der Waals surface area contributed by atoms with E-state index in [1.54, 1.807) is 30.3 Å². The second-order valence-corrected chi connectivity index (χ2v) is 4.19. The summed E-state index contributed by atoms with van der Waals surface area (Å²) in [6.07, 6.45) is 0.170. The molecule has 0 fully saturated rings. The van der Waals surface area contributed by atoms with Crippen molar-refractivity contribution in [3.05, 3.63) is 30.3 Å². The van der Waals surface area contributed by atoms with E-state index in [1.807, 2.05) is 0 Å². The Morgan fingerprint density at radius 2 is 1.80 bits per heavy atom. The summed E-state index contributed by atoms with van der Waals surface area (Å²) in [5.74, 6) is -1.41. The zero-order chi connectivity index (χ0) is 15.0. The quantitative estimate of drug-likeness (QED) is 0.355. The Hall–Kier alpha value is -2.21. The predicted molar refractivity (Wildman–Crippen MR) is 71.2 cm³/mol. The van der Waals surface area contributed by atoms with Crippen LogP contribution in [0, 0.1) is 0 Å². The van der Waals surface area contributed by atoms with Crippen LogP contribution in [0.3, 0.4) is 0 Å². The minimum Gasteiger partial charge on any atom is -0.469 e. The molecule has 108 valence electrons. The first kappa shape index (κ1) is 15.8. The van der Waals surface area contributed by atoms with Crippen molar-refractivity contribution in [3.8, 4) is 0 Å². The average molecular weight is 279 g/mol. The first-order valence-corrected chi connectivity index (χ1v) is 6.20. The van der Waals surface area contributed by atoms with E-state index >= 15 is 0 Å². The normalized spacial score (nSPS) is 9.90. The van der Waals surface area contributed by atoms with Gasteiger partial charge in [0.25, 0.3) is 5.91 Å². The summed E-state index contributed by atoms with van der Waals surface area (Å²) in [4.78, 5) is 34.1. The molecule has 0 aliphatic heterocycles. The number of amides is 1. The highest BCUT2D eigenvalue weighted by atomic mass is 16.5. The third-order valence-corrected chi connectivity index (χ3v) is 2.65. The van der Waals surface area contributed by atoms with Crippen molar-refractivity contribution < 1.29 is 24.3 Å². The molecule has 0 atom stereocenters. The molecule has 6 nitrogen and oxygen atoms in total. The SMILES string of the molecule is COC(=O)CCCC(=O)CC(=O)N(O)c1ccccc1. The number of ether oxygens (including phenoxy) is 1. The van der Waals surface area contributed by atoms with Gasteiger partial charge in [-0.2, -0.15) is 5.06 Å². The Morgan fingerprint density at radius 1 is 1.15 bits per heavy atom. The van der Waals surface area contributed by atoms with Crippen molar-refractivity contribution in [3.63, 3.8) is 0 Å².